The van der Waals surface area contributed by atoms with Gasteiger partial charge in [-0.25, -0.2) is 8.42 Å². The number of nitrogens with one attached hydrogen (secondary N) is 2. The fraction of sp³-hybridized carbons (Fsp3) is 0.632. The van der Waals surface area contributed by atoms with Crippen molar-refractivity contribution in [1.29, 1.82) is 0 Å². The molecule has 2 aliphatic rings. The van der Waals surface area contributed by atoms with Gasteiger partial charge in [-0.15, -0.1) is 0 Å². The highest BCUT2D eigenvalue weighted by atomic mass is 32.2. The minimum absolute atomic E-state index is 0.103. The molecular weight excluding hydrogens is 405 g/mol. The number of nitrogens with zero attached hydrogens (tertiary/aromatic N) is 2. The molecule has 29 heavy (non-hydrogen) atoms. The number of guanidine groups is 1. The summed E-state index contributed by atoms with van der Waals surface area (Å²) in [4.78, 5) is 4.20. The Morgan fingerprint density at radius 3 is 2.34 bits per heavy atom. The average Bonchev–Trinajstić information content (AvgIpc) is 3.48. The van der Waals surface area contributed by atoms with Crippen molar-refractivity contribution >= 4 is 16.0 Å². The number of alkyl halides is 3. The van der Waals surface area contributed by atoms with E-state index in [1.807, 2.05) is 18.2 Å². The molecule has 0 amide bonds. The molecule has 1 heterocycles. The lowest BCUT2D eigenvalue weighted by Crippen LogP contribution is -2.47. The van der Waals surface area contributed by atoms with Gasteiger partial charge in [0.1, 0.15) is 0 Å². The van der Waals surface area contributed by atoms with Crippen LogP contribution in [0.2, 0.25) is 0 Å². The van der Waals surface area contributed by atoms with Crippen molar-refractivity contribution in [2.24, 2.45) is 16.8 Å². The molecule has 1 aromatic rings. The van der Waals surface area contributed by atoms with E-state index in [-0.39, 0.29) is 19.0 Å². The Hall–Kier alpha value is -1.81. The Kier molecular flexibility index (Phi) is 6.72. The Labute approximate surface area is 169 Å². The summed E-state index contributed by atoms with van der Waals surface area (Å²) in [5, 5.41) is 6.52. The molecule has 1 saturated carbocycles. The fourth-order valence-electron chi connectivity index (χ4n) is 3.77. The van der Waals surface area contributed by atoms with Crippen LogP contribution < -0.4 is 10.6 Å². The van der Waals surface area contributed by atoms with Gasteiger partial charge in [-0.3, -0.25) is 4.99 Å². The molecule has 3 rings (SSSR count). The van der Waals surface area contributed by atoms with Gasteiger partial charge in [0, 0.05) is 33.2 Å². The summed E-state index contributed by atoms with van der Waals surface area (Å²) in [6.45, 7) is 1.13. The van der Waals surface area contributed by atoms with Crippen molar-refractivity contribution in [2.75, 3.05) is 33.2 Å². The molecule has 0 aromatic heterocycles. The number of aliphatic imine (C=N–C) groups is 1. The van der Waals surface area contributed by atoms with Crippen LogP contribution in [0.5, 0.6) is 0 Å². The van der Waals surface area contributed by atoms with Crippen molar-refractivity contribution < 1.29 is 21.6 Å². The maximum Gasteiger partial charge on any atom is 0.511 e. The van der Waals surface area contributed by atoms with E-state index in [1.165, 1.54) is 5.56 Å². The summed E-state index contributed by atoms with van der Waals surface area (Å²) in [5.74, 6) is 1.90. The SMILES string of the molecule is CN=C(NCC1CCN(S(=O)(=O)C(F)(F)F)CC1)NCC1CC1c1ccccc1. The molecule has 1 saturated heterocycles. The highest BCUT2D eigenvalue weighted by Gasteiger charge is 2.50. The van der Waals surface area contributed by atoms with E-state index in [4.69, 9.17) is 0 Å². The summed E-state index contributed by atoms with van der Waals surface area (Å²) >= 11 is 0. The molecule has 1 aliphatic carbocycles. The quantitative estimate of drug-likeness (QED) is 0.535. The van der Waals surface area contributed by atoms with E-state index in [0.717, 1.165) is 13.0 Å². The van der Waals surface area contributed by atoms with Crippen LogP contribution in [-0.2, 0) is 10.0 Å². The molecule has 162 valence electrons. The monoisotopic (exact) mass is 432 g/mol. The van der Waals surface area contributed by atoms with E-state index in [1.54, 1.807) is 7.05 Å². The second kappa shape index (κ2) is 8.91. The van der Waals surface area contributed by atoms with Crippen LogP contribution in [0.1, 0.15) is 30.7 Å². The lowest BCUT2D eigenvalue weighted by atomic mass is 9.98. The lowest BCUT2D eigenvalue weighted by molar-refractivity contribution is -0.0496. The molecular formula is C19H27F3N4O2S. The fourth-order valence-corrected chi connectivity index (χ4v) is 4.76. The third kappa shape index (κ3) is 5.42. The normalized spacial score (nSPS) is 24.3. The molecule has 2 fully saturated rings. The van der Waals surface area contributed by atoms with Crippen LogP contribution >= 0.6 is 0 Å². The molecule has 2 atom stereocenters. The number of piperidine rings is 1. The van der Waals surface area contributed by atoms with Gasteiger partial charge in [0.15, 0.2) is 5.96 Å². The van der Waals surface area contributed by atoms with Gasteiger partial charge >= 0.3 is 15.5 Å². The predicted molar refractivity (Wildman–Crippen MR) is 106 cm³/mol. The third-order valence-electron chi connectivity index (χ3n) is 5.67. The molecule has 2 N–H and O–H groups in total. The standard InChI is InChI=1S/C19H27F3N4O2S/c1-23-18(25-13-16-11-17(16)15-5-3-2-4-6-15)24-12-14-7-9-26(10-8-14)29(27,28)19(20,21)22/h2-6,14,16-17H,7-13H2,1H3,(H2,23,24,25). The first kappa shape index (κ1) is 21.9. The van der Waals surface area contributed by atoms with Crippen LogP contribution in [0, 0.1) is 11.8 Å². The summed E-state index contributed by atoms with van der Waals surface area (Å²) in [7, 11) is -3.55. The number of rotatable bonds is 6. The molecule has 0 spiro atoms. The largest absolute Gasteiger partial charge is 0.511 e. The Balaban J connectivity index is 1.38. The van der Waals surface area contributed by atoms with Crippen molar-refractivity contribution in [3.05, 3.63) is 35.9 Å². The van der Waals surface area contributed by atoms with Crippen LogP contribution in [0.15, 0.2) is 35.3 Å². The molecule has 0 bridgehead atoms. The maximum absolute atomic E-state index is 12.6. The Bertz CT molecular complexity index is 806. The second-order valence-corrected chi connectivity index (χ2v) is 9.57. The minimum atomic E-state index is -5.23. The molecule has 10 heteroatoms. The topological polar surface area (TPSA) is 73.8 Å². The van der Waals surface area contributed by atoms with Gasteiger partial charge in [0.2, 0.25) is 0 Å². The van der Waals surface area contributed by atoms with Gasteiger partial charge in [-0.2, -0.15) is 17.5 Å². The molecule has 2 unspecified atom stereocenters. The zero-order chi connectivity index (χ0) is 21.1. The van der Waals surface area contributed by atoms with Crippen molar-refractivity contribution in [3.63, 3.8) is 0 Å². The minimum Gasteiger partial charge on any atom is -0.356 e. The average molecular weight is 433 g/mol. The van der Waals surface area contributed by atoms with Gasteiger partial charge in [-0.05, 0) is 42.6 Å². The maximum atomic E-state index is 12.6. The van der Waals surface area contributed by atoms with E-state index in [2.05, 4.69) is 27.8 Å². The van der Waals surface area contributed by atoms with Crippen molar-refractivity contribution in [3.8, 4) is 0 Å². The van der Waals surface area contributed by atoms with E-state index >= 15 is 0 Å². The van der Waals surface area contributed by atoms with Crippen LogP contribution in [0.25, 0.3) is 0 Å². The molecule has 0 radical (unpaired) electrons. The Morgan fingerprint density at radius 2 is 1.76 bits per heavy atom. The van der Waals surface area contributed by atoms with E-state index in [0.29, 0.717) is 41.5 Å². The molecule has 1 aromatic carbocycles. The first-order valence-electron chi connectivity index (χ1n) is 9.78. The zero-order valence-electron chi connectivity index (χ0n) is 16.3. The summed E-state index contributed by atoms with van der Waals surface area (Å²) in [6, 6.07) is 10.4. The van der Waals surface area contributed by atoms with Crippen LogP contribution in [0.4, 0.5) is 13.2 Å². The van der Waals surface area contributed by atoms with Gasteiger partial charge in [0.25, 0.3) is 0 Å². The highest BCUT2D eigenvalue weighted by Crippen LogP contribution is 2.46. The van der Waals surface area contributed by atoms with Gasteiger partial charge in [-0.1, -0.05) is 30.3 Å². The van der Waals surface area contributed by atoms with Crippen molar-refractivity contribution in [1.82, 2.24) is 14.9 Å². The predicted octanol–water partition coefficient (Wildman–Crippen LogP) is 2.52. The second-order valence-electron chi connectivity index (χ2n) is 7.64. The molecule has 6 nitrogen and oxygen atoms in total. The van der Waals surface area contributed by atoms with E-state index in [9.17, 15) is 21.6 Å². The third-order valence-corrected chi connectivity index (χ3v) is 7.30. The number of halogens is 3. The first-order valence-corrected chi connectivity index (χ1v) is 11.2. The van der Waals surface area contributed by atoms with E-state index < -0.39 is 15.5 Å². The summed E-state index contributed by atoms with van der Waals surface area (Å²) in [5.41, 5.74) is -3.88. The first-order chi connectivity index (χ1) is 13.7. The van der Waals surface area contributed by atoms with Gasteiger partial charge < -0.3 is 10.6 Å². The Morgan fingerprint density at radius 1 is 1.14 bits per heavy atom. The summed E-state index contributed by atoms with van der Waals surface area (Å²) in [6.07, 6.45) is 1.91. The van der Waals surface area contributed by atoms with Crippen molar-refractivity contribution in [2.45, 2.75) is 30.7 Å². The van der Waals surface area contributed by atoms with Crippen LogP contribution in [0.3, 0.4) is 0 Å². The zero-order valence-corrected chi connectivity index (χ0v) is 17.1. The summed E-state index contributed by atoms with van der Waals surface area (Å²) < 4.78 is 61.4. The number of hydrogen-bond acceptors (Lipinski definition) is 3. The molecule has 1 aliphatic heterocycles. The highest BCUT2D eigenvalue weighted by molar-refractivity contribution is 7.90. The van der Waals surface area contributed by atoms with Crippen LogP contribution in [-0.4, -0.2) is 57.4 Å². The number of benzene rings is 1. The van der Waals surface area contributed by atoms with Gasteiger partial charge in [0.05, 0.1) is 0 Å². The lowest BCUT2D eigenvalue weighted by Gasteiger charge is -2.31. The smallest absolute Gasteiger partial charge is 0.356 e. The number of hydrogen-bond donors (Lipinski definition) is 2. The number of sulfonamides is 1.